The maximum Gasteiger partial charge on any atom is 0.194 e. The SMILES string of the molecule is CCc1nc2c(o1)CN(C)CC2. The molecule has 0 radical (unpaired) electrons. The lowest BCUT2D eigenvalue weighted by atomic mass is 10.2. The van der Waals surface area contributed by atoms with Gasteiger partial charge in [0.2, 0.25) is 0 Å². The number of hydrogen-bond acceptors (Lipinski definition) is 3. The molecule has 0 fully saturated rings. The van der Waals surface area contributed by atoms with Crippen LogP contribution < -0.4 is 0 Å². The number of aryl methyl sites for hydroxylation is 1. The van der Waals surface area contributed by atoms with Crippen LogP contribution in [0.1, 0.15) is 24.3 Å². The van der Waals surface area contributed by atoms with Gasteiger partial charge in [0.15, 0.2) is 5.89 Å². The Labute approximate surface area is 72.4 Å². The number of rotatable bonds is 1. The van der Waals surface area contributed by atoms with Crippen molar-refractivity contribution in [1.29, 1.82) is 0 Å². The summed E-state index contributed by atoms with van der Waals surface area (Å²) in [4.78, 5) is 6.67. The van der Waals surface area contributed by atoms with E-state index in [1.165, 1.54) is 5.69 Å². The molecule has 0 saturated heterocycles. The van der Waals surface area contributed by atoms with Crippen molar-refractivity contribution in [3.05, 3.63) is 17.3 Å². The van der Waals surface area contributed by atoms with Crippen LogP contribution in [0.2, 0.25) is 0 Å². The van der Waals surface area contributed by atoms with Gasteiger partial charge in [-0.1, -0.05) is 6.92 Å². The van der Waals surface area contributed by atoms with Crippen LogP contribution in [0, 0.1) is 0 Å². The van der Waals surface area contributed by atoms with E-state index < -0.39 is 0 Å². The summed E-state index contributed by atoms with van der Waals surface area (Å²) in [6, 6.07) is 0. The highest BCUT2D eigenvalue weighted by molar-refractivity contribution is 5.13. The van der Waals surface area contributed by atoms with Crippen molar-refractivity contribution in [1.82, 2.24) is 9.88 Å². The Balaban J connectivity index is 2.28. The van der Waals surface area contributed by atoms with Crippen LogP contribution in [0.25, 0.3) is 0 Å². The van der Waals surface area contributed by atoms with E-state index in [1.807, 2.05) is 0 Å². The number of aromatic nitrogens is 1. The van der Waals surface area contributed by atoms with Crippen LogP contribution in [-0.2, 0) is 19.4 Å². The molecule has 1 aromatic heterocycles. The first-order valence-electron chi connectivity index (χ1n) is 4.45. The lowest BCUT2D eigenvalue weighted by Gasteiger charge is -2.19. The van der Waals surface area contributed by atoms with Crippen LogP contribution in [0.15, 0.2) is 4.42 Å². The summed E-state index contributed by atoms with van der Waals surface area (Å²) in [5.74, 6) is 1.95. The van der Waals surface area contributed by atoms with Crippen LogP contribution >= 0.6 is 0 Å². The maximum absolute atomic E-state index is 5.57. The van der Waals surface area contributed by atoms with Crippen LogP contribution in [0.3, 0.4) is 0 Å². The van der Waals surface area contributed by atoms with E-state index >= 15 is 0 Å². The average Bonchev–Trinajstić information content (AvgIpc) is 2.46. The molecule has 66 valence electrons. The van der Waals surface area contributed by atoms with Gasteiger partial charge in [-0.2, -0.15) is 0 Å². The van der Waals surface area contributed by atoms with Gasteiger partial charge in [-0.05, 0) is 7.05 Å². The number of hydrogen-bond donors (Lipinski definition) is 0. The van der Waals surface area contributed by atoms with Gasteiger partial charge in [0.05, 0.1) is 12.2 Å². The molecule has 0 unspecified atom stereocenters. The molecule has 0 N–H and O–H groups in total. The summed E-state index contributed by atoms with van der Waals surface area (Å²) >= 11 is 0. The Morgan fingerprint density at radius 2 is 2.42 bits per heavy atom. The molecule has 0 amide bonds. The Morgan fingerprint density at radius 3 is 3.17 bits per heavy atom. The second-order valence-corrected chi connectivity index (χ2v) is 3.32. The standard InChI is InChI=1S/C9H14N2O/c1-3-9-10-7-4-5-11(2)6-8(7)12-9/h3-6H2,1-2H3. The summed E-state index contributed by atoms with van der Waals surface area (Å²) in [6.07, 6.45) is 1.94. The Hall–Kier alpha value is -0.830. The third-order valence-electron chi connectivity index (χ3n) is 2.27. The molecule has 0 atom stereocenters. The van der Waals surface area contributed by atoms with Crippen molar-refractivity contribution in [3.63, 3.8) is 0 Å². The van der Waals surface area contributed by atoms with Crippen molar-refractivity contribution in [2.45, 2.75) is 26.3 Å². The molecule has 0 aliphatic carbocycles. The van der Waals surface area contributed by atoms with E-state index in [0.29, 0.717) is 0 Å². The number of nitrogens with zero attached hydrogens (tertiary/aromatic N) is 2. The first-order valence-corrected chi connectivity index (χ1v) is 4.45. The predicted octanol–water partition coefficient (Wildman–Crippen LogP) is 1.22. The van der Waals surface area contributed by atoms with E-state index in [-0.39, 0.29) is 0 Å². The van der Waals surface area contributed by atoms with E-state index in [4.69, 9.17) is 4.42 Å². The normalized spacial score (nSPS) is 17.8. The molecule has 3 nitrogen and oxygen atoms in total. The summed E-state index contributed by atoms with van der Waals surface area (Å²) in [7, 11) is 2.11. The second kappa shape index (κ2) is 2.90. The molecule has 2 rings (SSSR count). The molecular weight excluding hydrogens is 152 g/mol. The van der Waals surface area contributed by atoms with E-state index in [0.717, 1.165) is 37.6 Å². The van der Waals surface area contributed by atoms with Crippen molar-refractivity contribution in [2.75, 3.05) is 13.6 Å². The number of oxazole rings is 1. The largest absolute Gasteiger partial charge is 0.444 e. The summed E-state index contributed by atoms with van der Waals surface area (Å²) in [6.45, 7) is 4.09. The van der Waals surface area contributed by atoms with Crippen molar-refractivity contribution in [3.8, 4) is 0 Å². The van der Waals surface area contributed by atoms with Crippen molar-refractivity contribution < 1.29 is 4.42 Å². The first kappa shape index (κ1) is 7.80. The molecule has 0 aromatic carbocycles. The summed E-state index contributed by atoms with van der Waals surface area (Å²) in [5, 5.41) is 0. The molecular formula is C9H14N2O. The molecule has 1 aliphatic heterocycles. The molecule has 0 bridgehead atoms. The van der Waals surface area contributed by atoms with Crippen molar-refractivity contribution in [2.24, 2.45) is 0 Å². The zero-order valence-electron chi connectivity index (χ0n) is 7.63. The van der Waals surface area contributed by atoms with Gasteiger partial charge in [0.1, 0.15) is 5.76 Å². The molecule has 12 heavy (non-hydrogen) atoms. The van der Waals surface area contributed by atoms with Gasteiger partial charge in [-0.3, -0.25) is 4.90 Å². The fourth-order valence-corrected chi connectivity index (χ4v) is 1.53. The van der Waals surface area contributed by atoms with Gasteiger partial charge >= 0.3 is 0 Å². The number of fused-ring (bicyclic) bond motifs is 1. The lowest BCUT2D eigenvalue weighted by molar-refractivity contribution is 0.273. The topological polar surface area (TPSA) is 29.3 Å². The highest BCUT2D eigenvalue weighted by Gasteiger charge is 2.18. The molecule has 1 aliphatic rings. The summed E-state index contributed by atoms with van der Waals surface area (Å²) < 4.78 is 5.57. The first-order chi connectivity index (χ1) is 5.79. The van der Waals surface area contributed by atoms with Gasteiger partial charge in [0.25, 0.3) is 0 Å². The van der Waals surface area contributed by atoms with Crippen molar-refractivity contribution >= 4 is 0 Å². The van der Waals surface area contributed by atoms with E-state index in [9.17, 15) is 0 Å². The fraction of sp³-hybridized carbons (Fsp3) is 0.667. The highest BCUT2D eigenvalue weighted by atomic mass is 16.4. The third kappa shape index (κ3) is 1.25. The lowest BCUT2D eigenvalue weighted by Crippen LogP contribution is -2.25. The number of likely N-dealkylation sites (N-methyl/N-ethyl adjacent to an activating group) is 1. The van der Waals surface area contributed by atoms with Gasteiger partial charge < -0.3 is 4.42 Å². The van der Waals surface area contributed by atoms with Crippen LogP contribution in [0.4, 0.5) is 0 Å². The fourth-order valence-electron chi connectivity index (χ4n) is 1.53. The average molecular weight is 166 g/mol. The predicted molar refractivity (Wildman–Crippen MR) is 45.9 cm³/mol. The molecule has 0 saturated carbocycles. The minimum Gasteiger partial charge on any atom is -0.444 e. The molecule has 1 aromatic rings. The van der Waals surface area contributed by atoms with Gasteiger partial charge in [0, 0.05) is 19.4 Å². The monoisotopic (exact) mass is 166 g/mol. The Morgan fingerprint density at radius 1 is 1.58 bits per heavy atom. The highest BCUT2D eigenvalue weighted by Crippen LogP contribution is 2.18. The zero-order valence-corrected chi connectivity index (χ0v) is 7.63. The Kier molecular flexibility index (Phi) is 1.89. The van der Waals surface area contributed by atoms with Gasteiger partial charge in [-0.25, -0.2) is 4.98 Å². The second-order valence-electron chi connectivity index (χ2n) is 3.32. The smallest absolute Gasteiger partial charge is 0.194 e. The van der Waals surface area contributed by atoms with Gasteiger partial charge in [-0.15, -0.1) is 0 Å². The van der Waals surface area contributed by atoms with E-state index in [1.54, 1.807) is 0 Å². The van der Waals surface area contributed by atoms with Crippen LogP contribution in [-0.4, -0.2) is 23.5 Å². The third-order valence-corrected chi connectivity index (χ3v) is 2.27. The minimum absolute atomic E-state index is 0.885. The zero-order chi connectivity index (χ0) is 8.55. The quantitative estimate of drug-likeness (QED) is 0.628. The Bertz CT molecular complexity index is 280. The van der Waals surface area contributed by atoms with Crippen LogP contribution in [0.5, 0.6) is 0 Å². The molecule has 3 heteroatoms. The summed E-state index contributed by atoms with van der Waals surface area (Å²) in [5.41, 5.74) is 1.17. The molecule has 0 spiro atoms. The minimum atomic E-state index is 0.885. The van der Waals surface area contributed by atoms with E-state index in [2.05, 4.69) is 23.9 Å². The molecule has 2 heterocycles. The maximum atomic E-state index is 5.57.